The van der Waals surface area contributed by atoms with Gasteiger partial charge in [0.15, 0.2) is 17.2 Å². The van der Waals surface area contributed by atoms with E-state index < -0.39 is 17.4 Å². The van der Waals surface area contributed by atoms with Gasteiger partial charge in [0, 0.05) is 18.3 Å². The summed E-state index contributed by atoms with van der Waals surface area (Å²) in [5.41, 5.74) is -0.115. The third-order valence-electron chi connectivity index (χ3n) is 6.00. The molecule has 1 aliphatic rings. The number of hydrogen-bond acceptors (Lipinski definition) is 7. The number of esters is 1. The number of rotatable bonds is 7. The fourth-order valence-corrected chi connectivity index (χ4v) is 4.21. The molecule has 10 nitrogen and oxygen atoms in total. The molecule has 2 amide bonds. The number of fused-ring (bicyclic) bond motifs is 1. The maximum Gasteiger partial charge on any atom is 0.359 e. The number of carbonyl (C=O) groups excluding carboxylic acids is 3. The molecule has 0 saturated heterocycles. The van der Waals surface area contributed by atoms with Gasteiger partial charge in [-0.3, -0.25) is 14.5 Å². The number of benzene rings is 2. The van der Waals surface area contributed by atoms with Gasteiger partial charge in [0.1, 0.15) is 11.2 Å². The van der Waals surface area contributed by atoms with Crippen molar-refractivity contribution in [2.45, 2.75) is 25.6 Å². The highest BCUT2D eigenvalue weighted by molar-refractivity contribution is 6.15. The number of nitrogens with zero attached hydrogens (tertiary/aromatic N) is 3. The van der Waals surface area contributed by atoms with E-state index in [4.69, 9.17) is 14.2 Å². The monoisotopic (exact) mass is 478 g/mol. The second-order valence-electron chi connectivity index (χ2n) is 8.18. The first kappa shape index (κ1) is 23.8. The van der Waals surface area contributed by atoms with Crippen molar-refractivity contribution in [1.82, 2.24) is 14.9 Å². The van der Waals surface area contributed by atoms with Crippen LogP contribution in [0.5, 0.6) is 11.5 Å². The van der Waals surface area contributed by atoms with Crippen molar-refractivity contribution < 1.29 is 28.6 Å². The molecule has 0 aliphatic carbocycles. The number of methoxy groups -OCH3 is 3. The lowest BCUT2D eigenvalue weighted by Crippen LogP contribution is -2.64. The van der Waals surface area contributed by atoms with Crippen LogP contribution in [-0.2, 0) is 22.6 Å². The molecule has 0 fully saturated rings. The number of hydrogen-bond donors (Lipinski definition) is 1. The van der Waals surface area contributed by atoms with E-state index in [-0.39, 0.29) is 30.4 Å². The predicted octanol–water partition coefficient (Wildman–Crippen LogP) is 2.42. The minimum absolute atomic E-state index is 0.0416. The van der Waals surface area contributed by atoms with Crippen LogP contribution in [0.1, 0.15) is 33.5 Å². The molecule has 1 N–H and O–H groups in total. The highest BCUT2D eigenvalue weighted by Crippen LogP contribution is 2.38. The molecule has 4 rings (SSSR count). The zero-order valence-corrected chi connectivity index (χ0v) is 19.9. The predicted molar refractivity (Wildman–Crippen MR) is 127 cm³/mol. The molecular formula is C25H26N4O6. The molecule has 2 aromatic carbocycles. The van der Waals surface area contributed by atoms with Gasteiger partial charge in [-0.1, -0.05) is 30.3 Å². The van der Waals surface area contributed by atoms with Crippen molar-refractivity contribution in [3.63, 3.8) is 0 Å². The largest absolute Gasteiger partial charge is 0.493 e. The van der Waals surface area contributed by atoms with Gasteiger partial charge in [-0.15, -0.1) is 0 Å². The quantitative estimate of drug-likeness (QED) is 0.519. The van der Waals surface area contributed by atoms with Crippen LogP contribution in [0.15, 0.2) is 54.9 Å². The molecule has 0 spiro atoms. The van der Waals surface area contributed by atoms with Crippen LogP contribution >= 0.6 is 0 Å². The van der Waals surface area contributed by atoms with Gasteiger partial charge in [-0.05, 0) is 24.6 Å². The summed E-state index contributed by atoms with van der Waals surface area (Å²) in [5, 5.41) is 2.94. The summed E-state index contributed by atoms with van der Waals surface area (Å²) in [6, 6.07) is 14.4. The summed E-state index contributed by atoms with van der Waals surface area (Å²) in [7, 11) is 4.20. The van der Waals surface area contributed by atoms with E-state index in [0.717, 1.165) is 5.56 Å². The van der Waals surface area contributed by atoms with Crippen molar-refractivity contribution in [3.8, 4) is 11.5 Å². The van der Waals surface area contributed by atoms with Crippen molar-refractivity contribution in [3.05, 3.63) is 71.8 Å². The molecule has 0 saturated carbocycles. The Kier molecular flexibility index (Phi) is 6.46. The third-order valence-corrected chi connectivity index (χ3v) is 6.00. The van der Waals surface area contributed by atoms with E-state index in [1.807, 2.05) is 30.3 Å². The molecule has 35 heavy (non-hydrogen) atoms. The number of nitrogens with one attached hydrogen (secondary N) is 1. The van der Waals surface area contributed by atoms with Gasteiger partial charge in [-0.25, -0.2) is 9.78 Å². The first-order valence-corrected chi connectivity index (χ1v) is 10.9. The minimum atomic E-state index is -1.35. The van der Waals surface area contributed by atoms with Crippen LogP contribution in [0.2, 0.25) is 0 Å². The van der Waals surface area contributed by atoms with Gasteiger partial charge in [0.05, 0.1) is 34.2 Å². The van der Waals surface area contributed by atoms with Crippen molar-refractivity contribution >= 4 is 23.5 Å². The number of amides is 2. The Morgan fingerprint density at radius 2 is 1.77 bits per heavy atom. The average Bonchev–Trinajstić information content (AvgIpc) is 3.30. The summed E-state index contributed by atoms with van der Waals surface area (Å²) < 4.78 is 17.0. The lowest BCUT2D eigenvalue weighted by Gasteiger charge is -2.43. The summed E-state index contributed by atoms with van der Waals surface area (Å²) in [4.78, 5) is 45.2. The first-order chi connectivity index (χ1) is 16.8. The van der Waals surface area contributed by atoms with Crippen molar-refractivity contribution in [2.75, 3.05) is 26.2 Å². The van der Waals surface area contributed by atoms with Crippen LogP contribution in [0.4, 0.5) is 5.69 Å². The third kappa shape index (κ3) is 4.18. The van der Waals surface area contributed by atoms with E-state index in [1.54, 1.807) is 25.1 Å². The fourth-order valence-electron chi connectivity index (χ4n) is 4.21. The Balaban J connectivity index is 1.80. The molecular weight excluding hydrogens is 452 g/mol. The van der Waals surface area contributed by atoms with Crippen molar-refractivity contribution in [1.29, 1.82) is 0 Å². The number of anilines is 1. The smallest absolute Gasteiger partial charge is 0.359 e. The second kappa shape index (κ2) is 9.49. The Bertz CT molecular complexity index is 1270. The van der Waals surface area contributed by atoms with E-state index >= 15 is 0 Å². The summed E-state index contributed by atoms with van der Waals surface area (Å²) in [6.07, 6.45) is 1.37. The SMILES string of the molecule is COC(=O)c1ncn2c1C(=O)N(c1ccc(OC)c(OC)c1)[C@](C)(C(=O)NCc1ccccc1)C2. The van der Waals surface area contributed by atoms with E-state index in [0.29, 0.717) is 17.2 Å². The summed E-state index contributed by atoms with van der Waals surface area (Å²) >= 11 is 0. The van der Waals surface area contributed by atoms with Gasteiger partial charge in [0.25, 0.3) is 5.91 Å². The molecule has 3 aromatic rings. The molecule has 0 unspecified atom stereocenters. The van der Waals surface area contributed by atoms with E-state index in [9.17, 15) is 14.4 Å². The van der Waals surface area contributed by atoms with Crippen LogP contribution in [0.25, 0.3) is 0 Å². The maximum absolute atomic E-state index is 13.9. The van der Waals surface area contributed by atoms with Gasteiger partial charge in [-0.2, -0.15) is 0 Å². The summed E-state index contributed by atoms with van der Waals surface area (Å²) in [6.45, 7) is 2.02. The summed E-state index contributed by atoms with van der Waals surface area (Å²) in [5.74, 6) is -0.827. The molecule has 1 aromatic heterocycles. The zero-order chi connectivity index (χ0) is 25.2. The molecule has 1 aliphatic heterocycles. The number of imidazole rings is 1. The van der Waals surface area contributed by atoms with Crippen LogP contribution in [0, 0.1) is 0 Å². The minimum Gasteiger partial charge on any atom is -0.493 e. The zero-order valence-electron chi connectivity index (χ0n) is 19.9. The highest BCUT2D eigenvalue weighted by Gasteiger charge is 2.50. The first-order valence-electron chi connectivity index (χ1n) is 10.9. The Morgan fingerprint density at radius 3 is 2.43 bits per heavy atom. The lowest BCUT2D eigenvalue weighted by atomic mass is 9.93. The fraction of sp³-hybridized carbons (Fsp3) is 0.280. The van der Waals surface area contributed by atoms with Gasteiger partial charge < -0.3 is 24.1 Å². The van der Waals surface area contributed by atoms with E-state index in [2.05, 4.69) is 10.3 Å². The highest BCUT2D eigenvalue weighted by atomic mass is 16.5. The number of ether oxygens (including phenoxy) is 3. The van der Waals surface area contributed by atoms with Gasteiger partial charge in [0.2, 0.25) is 5.91 Å². The maximum atomic E-state index is 13.9. The Hall–Kier alpha value is -4.34. The van der Waals surface area contributed by atoms with Crippen LogP contribution in [-0.4, -0.2) is 54.2 Å². The van der Waals surface area contributed by atoms with Crippen LogP contribution < -0.4 is 19.7 Å². The number of aromatic nitrogens is 2. The standard InChI is InChI=1S/C25H26N4O6/c1-25(24(32)26-13-16-8-6-5-7-9-16)14-28-15-27-20(23(31)35-4)21(28)22(30)29(25)17-10-11-18(33-2)19(12-17)34-3/h5-12,15H,13-14H2,1-4H3,(H,26,32)/t25-/m0/s1. The normalized spacial score (nSPS) is 16.9. The second-order valence-corrected chi connectivity index (χ2v) is 8.18. The Labute approximate surface area is 202 Å². The lowest BCUT2D eigenvalue weighted by molar-refractivity contribution is -0.126. The molecule has 1 atom stereocenters. The topological polar surface area (TPSA) is 112 Å². The average molecular weight is 479 g/mol. The molecule has 0 bridgehead atoms. The van der Waals surface area contributed by atoms with E-state index in [1.165, 1.54) is 37.1 Å². The molecule has 10 heteroatoms. The molecule has 182 valence electrons. The van der Waals surface area contributed by atoms with Crippen molar-refractivity contribution in [2.24, 2.45) is 0 Å². The molecule has 0 radical (unpaired) electrons. The van der Waals surface area contributed by atoms with Gasteiger partial charge >= 0.3 is 5.97 Å². The Morgan fingerprint density at radius 1 is 1.06 bits per heavy atom. The number of carbonyl (C=O) groups is 3. The molecule has 2 heterocycles. The van der Waals surface area contributed by atoms with Crippen LogP contribution in [0.3, 0.4) is 0 Å².